The van der Waals surface area contributed by atoms with Crippen LogP contribution in [0.5, 0.6) is 23.0 Å². The Balaban J connectivity index is 1.39. The van der Waals surface area contributed by atoms with Gasteiger partial charge in [-0.2, -0.15) is 4.98 Å². The molecule has 0 fully saturated rings. The van der Waals surface area contributed by atoms with E-state index < -0.39 is 15.7 Å². The third kappa shape index (κ3) is 3.97. The predicted octanol–water partition coefficient (Wildman–Crippen LogP) is 4.43. The van der Waals surface area contributed by atoms with Gasteiger partial charge < -0.3 is 28.7 Å². The van der Waals surface area contributed by atoms with Gasteiger partial charge in [0.15, 0.2) is 23.0 Å². The Morgan fingerprint density at radius 1 is 0.861 bits per heavy atom. The number of ether oxygens (including phenoxy) is 4. The summed E-state index contributed by atoms with van der Waals surface area (Å²) in [7, 11) is -4.19. The second kappa shape index (κ2) is 8.76. The van der Waals surface area contributed by atoms with Crippen molar-refractivity contribution in [3.63, 3.8) is 0 Å². The van der Waals surface area contributed by atoms with E-state index in [4.69, 9.17) is 23.4 Å². The van der Waals surface area contributed by atoms with Crippen LogP contribution in [-0.4, -0.2) is 33.4 Å². The van der Waals surface area contributed by atoms with Gasteiger partial charge in [-0.1, -0.05) is 18.2 Å². The van der Waals surface area contributed by atoms with E-state index in [-0.39, 0.29) is 40.6 Å². The Kier molecular flexibility index (Phi) is 5.41. The minimum absolute atomic E-state index is 0.0345. The summed E-state index contributed by atoms with van der Waals surface area (Å²) in [5, 5.41) is 2.61. The lowest BCUT2D eigenvalue weighted by atomic mass is 10.2. The van der Waals surface area contributed by atoms with E-state index in [1.807, 2.05) is 6.07 Å². The summed E-state index contributed by atoms with van der Waals surface area (Å²) in [5.74, 6) is 1.09. The topological polar surface area (TPSA) is 109 Å². The monoisotopic (exact) mass is 510 g/mol. The van der Waals surface area contributed by atoms with Gasteiger partial charge in [0.25, 0.3) is 0 Å². The average Bonchev–Trinajstić information content (AvgIpc) is 3.54. The second-order valence-corrected chi connectivity index (χ2v) is 9.85. The maximum Gasteiger partial charge on any atom is 0.234 e. The summed E-state index contributed by atoms with van der Waals surface area (Å²) >= 11 is 0. The zero-order chi connectivity index (χ0) is 24.7. The van der Waals surface area contributed by atoms with E-state index >= 15 is 0 Å². The Morgan fingerprint density at radius 2 is 1.58 bits per heavy atom. The third-order valence-corrected chi connectivity index (χ3v) is 7.33. The van der Waals surface area contributed by atoms with Crippen molar-refractivity contribution in [3.8, 4) is 34.5 Å². The molecule has 1 N–H and O–H groups in total. The molecule has 0 bridgehead atoms. The van der Waals surface area contributed by atoms with Crippen LogP contribution in [0.3, 0.4) is 0 Å². The summed E-state index contributed by atoms with van der Waals surface area (Å²) in [6.07, 6.45) is 0. The quantitative estimate of drug-likeness (QED) is 0.403. The molecule has 0 saturated heterocycles. The van der Waals surface area contributed by atoms with Crippen LogP contribution in [0.4, 0.5) is 10.3 Å². The highest BCUT2D eigenvalue weighted by Crippen LogP contribution is 2.38. The molecule has 3 aromatic carbocycles. The minimum Gasteiger partial charge on any atom is -0.486 e. The molecule has 184 valence electrons. The Labute approximate surface area is 205 Å². The molecule has 0 radical (unpaired) electrons. The molecule has 4 aromatic rings. The lowest BCUT2D eigenvalue weighted by molar-refractivity contribution is 0.171. The van der Waals surface area contributed by atoms with Crippen LogP contribution in [0.25, 0.3) is 11.5 Å². The third-order valence-electron chi connectivity index (χ3n) is 5.67. The van der Waals surface area contributed by atoms with Gasteiger partial charge in [0, 0.05) is 12.6 Å². The standard InChI is InChI=1S/C25H19FN2O7S/c26-18-4-2-1-3-17(18)23-28-25(36(29,30)16-6-8-19-22(12-16)32-10-9-31-19)24(35-23)27-13-15-5-7-20-21(11-15)34-14-33-20/h1-8,11-12,27H,9-10,13-14H2. The number of anilines is 1. The lowest BCUT2D eigenvalue weighted by Gasteiger charge is -2.18. The van der Waals surface area contributed by atoms with E-state index in [2.05, 4.69) is 10.3 Å². The van der Waals surface area contributed by atoms with E-state index in [9.17, 15) is 12.8 Å². The number of rotatable bonds is 6. The summed E-state index contributed by atoms with van der Waals surface area (Å²) in [6.45, 7) is 1.01. The number of hydrogen-bond donors (Lipinski definition) is 1. The number of fused-ring (bicyclic) bond motifs is 2. The molecule has 36 heavy (non-hydrogen) atoms. The van der Waals surface area contributed by atoms with Crippen molar-refractivity contribution in [2.75, 3.05) is 25.3 Å². The van der Waals surface area contributed by atoms with Crippen LogP contribution in [0.15, 0.2) is 75.0 Å². The summed E-state index contributed by atoms with van der Waals surface area (Å²) in [4.78, 5) is 4.13. The molecule has 11 heteroatoms. The van der Waals surface area contributed by atoms with Crippen molar-refractivity contribution in [2.45, 2.75) is 16.5 Å². The number of hydrogen-bond acceptors (Lipinski definition) is 9. The molecule has 0 aliphatic carbocycles. The van der Waals surface area contributed by atoms with Crippen LogP contribution < -0.4 is 24.3 Å². The van der Waals surface area contributed by atoms with E-state index in [0.29, 0.717) is 36.2 Å². The van der Waals surface area contributed by atoms with Gasteiger partial charge in [-0.15, -0.1) is 0 Å². The number of benzene rings is 3. The fourth-order valence-corrected chi connectivity index (χ4v) is 5.18. The lowest BCUT2D eigenvalue weighted by Crippen LogP contribution is -2.16. The van der Waals surface area contributed by atoms with Crippen molar-refractivity contribution in [2.24, 2.45) is 0 Å². The first kappa shape index (κ1) is 22.2. The Bertz CT molecular complexity index is 1570. The van der Waals surface area contributed by atoms with Gasteiger partial charge in [0.05, 0.1) is 10.5 Å². The zero-order valence-electron chi connectivity index (χ0n) is 18.7. The summed E-state index contributed by atoms with van der Waals surface area (Å²) in [6, 6.07) is 15.5. The highest BCUT2D eigenvalue weighted by atomic mass is 32.2. The van der Waals surface area contributed by atoms with Crippen molar-refractivity contribution in [1.82, 2.24) is 4.98 Å². The first-order valence-corrected chi connectivity index (χ1v) is 12.5. The van der Waals surface area contributed by atoms with Crippen LogP contribution >= 0.6 is 0 Å². The molecule has 0 amide bonds. The largest absolute Gasteiger partial charge is 0.486 e. The molecule has 0 unspecified atom stereocenters. The van der Waals surface area contributed by atoms with Gasteiger partial charge in [-0.3, -0.25) is 0 Å². The van der Waals surface area contributed by atoms with E-state index in [1.54, 1.807) is 18.2 Å². The Hall–Kier alpha value is -4.25. The van der Waals surface area contributed by atoms with Crippen molar-refractivity contribution in [1.29, 1.82) is 0 Å². The van der Waals surface area contributed by atoms with Crippen LogP contribution in [0.1, 0.15) is 5.56 Å². The van der Waals surface area contributed by atoms with E-state index in [1.165, 1.54) is 36.4 Å². The van der Waals surface area contributed by atoms with Crippen molar-refractivity contribution < 1.29 is 36.2 Å². The SMILES string of the molecule is O=S(=O)(c1ccc2c(c1)OCCO2)c1nc(-c2ccccc2F)oc1NCc1ccc2c(c1)OCO2. The van der Waals surface area contributed by atoms with Crippen LogP contribution in [-0.2, 0) is 16.4 Å². The number of aromatic nitrogens is 1. The zero-order valence-corrected chi connectivity index (χ0v) is 19.5. The predicted molar refractivity (Wildman–Crippen MR) is 125 cm³/mol. The smallest absolute Gasteiger partial charge is 0.234 e. The number of nitrogens with one attached hydrogen (secondary N) is 1. The first-order chi connectivity index (χ1) is 17.5. The summed E-state index contributed by atoms with van der Waals surface area (Å²) < 4.78 is 69.3. The molecule has 2 aliphatic heterocycles. The first-order valence-electron chi connectivity index (χ1n) is 11.0. The van der Waals surface area contributed by atoms with Crippen molar-refractivity contribution in [3.05, 3.63) is 72.0 Å². The molecule has 9 nitrogen and oxygen atoms in total. The van der Waals surface area contributed by atoms with Crippen LogP contribution in [0.2, 0.25) is 0 Å². The van der Waals surface area contributed by atoms with Gasteiger partial charge in [0.1, 0.15) is 19.0 Å². The molecule has 6 rings (SSSR count). The molecular weight excluding hydrogens is 491 g/mol. The van der Waals surface area contributed by atoms with Gasteiger partial charge >= 0.3 is 0 Å². The Morgan fingerprint density at radius 3 is 2.44 bits per heavy atom. The molecule has 1 aromatic heterocycles. The summed E-state index contributed by atoms with van der Waals surface area (Å²) in [5.41, 5.74) is 0.818. The highest BCUT2D eigenvalue weighted by Gasteiger charge is 2.30. The normalized spacial score (nSPS) is 14.0. The highest BCUT2D eigenvalue weighted by molar-refractivity contribution is 7.91. The molecule has 0 spiro atoms. The molecule has 0 saturated carbocycles. The number of sulfone groups is 1. The maximum absolute atomic E-state index is 14.5. The average molecular weight is 510 g/mol. The molecular formula is C25H19FN2O7S. The molecule has 0 atom stereocenters. The van der Waals surface area contributed by atoms with Gasteiger partial charge in [-0.05, 0) is 42.0 Å². The van der Waals surface area contributed by atoms with Crippen LogP contribution in [0, 0.1) is 5.82 Å². The van der Waals surface area contributed by atoms with Gasteiger partial charge in [0.2, 0.25) is 33.4 Å². The number of halogens is 1. The van der Waals surface area contributed by atoms with Crippen molar-refractivity contribution >= 4 is 15.7 Å². The molecule has 2 aliphatic rings. The fraction of sp³-hybridized carbons (Fsp3) is 0.160. The second-order valence-electron chi connectivity index (χ2n) is 7.98. The maximum atomic E-state index is 14.5. The molecule has 3 heterocycles. The minimum atomic E-state index is -4.19. The number of nitrogens with zero attached hydrogens (tertiary/aromatic N) is 1. The fourth-order valence-electron chi connectivity index (χ4n) is 3.89. The number of oxazole rings is 1. The van der Waals surface area contributed by atoms with Gasteiger partial charge in [-0.25, -0.2) is 12.8 Å². The van der Waals surface area contributed by atoms with E-state index in [0.717, 1.165) is 5.56 Å².